The van der Waals surface area contributed by atoms with E-state index in [0.717, 1.165) is 18.7 Å². The van der Waals surface area contributed by atoms with Crippen molar-refractivity contribution in [3.63, 3.8) is 0 Å². The van der Waals surface area contributed by atoms with E-state index >= 15 is 0 Å². The Morgan fingerprint density at radius 2 is 2.03 bits per heavy atom. The number of benzene rings is 1. The van der Waals surface area contributed by atoms with Gasteiger partial charge >= 0.3 is 0 Å². The van der Waals surface area contributed by atoms with E-state index in [-0.39, 0.29) is 29.7 Å². The third-order valence-corrected chi connectivity index (χ3v) is 7.23. The van der Waals surface area contributed by atoms with Crippen molar-refractivity contribution in [2.24, 2.45) is 0 Å². The molecule has 3 N–H and O–H groups in total. The van der Waals surface area contributed by atoms with Crippen LogP contribution >= 0.6 is 0 Å². The van der Waals surface area contributed by atoms with E-state index < -0.39 is 6.04 Å². The Hall–Kier alpha value is -2.25. The lowest BCUT2D eigenvalue weighted by atomic mass is 9.78. The van der Waals surface area contributed by atoms with E-state index in [1.165, 1.54) is 37.7 Å². The maximum absolute atomic E-state index is 12.8. The van der Waals surface area contributed by atoms with Gasteiger partial charge < -0.3 is 15.5 Å². The van der Waals surface area contributed by atoms with Gasteiger partial charge in [-0.05, 0) is 49.4 Å². The summed E-state index contributed by atoms with van der Waals surface area (Å²) in [5.74, 6) is -0.731. The molecular weight excluding hydrogens is 368 g/mol. The van der Waals surface area contributed by atoms with Crippen molar-refractivity contribution in [3.05, 3.63) is 34.9 Å². The van der Waals surface area contributed by atoms with Crippen LogP contribution in [-0.4, -0.2) is 46.8 Å². The van der Waals surface area contributed by atoms with Crippen LogP contribution in [-0.2, 0) is 22.7 Å². The second-order valence-corrected chi connectivity index (χ2v) is 8.90. The molecule has 1 aromatic carbocycles. The number of rotatable bonds is 4. The molecule has 3 fully saturated rings. The molecule has 3 atom stereocenters. The largest absolute Gasteiger partial charge is 0.322 e. The zero-order valence-corrected chi connectivity index (χ0v) is 16.6. The highest BCUT2D eigenvalue weighted by atomic mass is 16.2. The van der Waals surface area contributed by atoms with Crippen LogP contribution in [0.25, 0.3) is 0 Å². The second kappa shape index (κ2) is 7.22. The number of imide groups is 1. The van der Waals surface area contributed by atoms with Gasteiger partial charge in [0, 0.05) is 36.7 Å². The summed E-state index contributed by atoms with van der Waals surface area (Å²) < 4.78 is 0. The summed E-state index contributed by atoms with van der Waals surface area (Å²) in [6.07, 6.45) is 6.90. The van der Waals surface area contributed by atoms with Crippen molar-refractivity contribution in [1.29, 1.82) is 0 Å². The predicted molar refractivity (Wildman–Crippen MR) is 107 cm³/mol. The lowest BCUT2D eigenvalue weighted by Crippen LogP contribution is -2.55. The second-order valence-electron chi connectivity index (χ2n) is 8.90. The number of piperidine rings is 1. The summed E-state index contributed by atoms with van der Waals surface area (Å²) in [5.41, 5.74) is 3.02. The van der Waals surface area contributed by atoms with Crippen molar-refractivity contribution in [2.75, 3.05) is 6.54 Å². The standard InChI is InChI=1S/C22H28N4O3/c27-19-7-6-17(20(28)25-19)26-13-15-11-14(4-5-16(15)21(26)29)12-24-22-8-2-1-3-18(22)23-10-9-22/h4-5,11,17-18,23-24H,1-3,6-10,12-13H2,(H,25,27,28). The van der Waals surface area contributed by atoms with E-state index in [4.69, 9.17) is 0 Å². The fraction of sp³-hybridized carbons (Fsp3) is 0.591. The highest BCUT2D eigenvalue weighted by Crippen LogP contribution is 2.35. The average Bonchev–Trinajstić information content (AvgIpc) is 3.28. The molecule has 3 unspecified atom stereocenters. The van der Waals surface area contributed by atoms with Gasteiger partial charge in [0.2, 0.25) is 11.8 Å². The van der Waals surface area contributed by atoms with Gasteiger partial charge in [-0.1, -0.05) is 25.0 Å². The number of amides is 3. The quantitative estimate of drug-likeness (QED) is 0.666. The van der Waals surface area contributed by atoms with Crippen LogP contribution in [0, 0.1) is 0 Å². The van der Waals surface area contributed by atoms with Gasteiger partial charge in [-0.25, -0.2) is 0 Å². The van der Waals surface area contributed by atoms with Gasteiger partial charge in [0.1, 0.15) is 6.04 Å². The zero-order chi connectivity index (χ0) is 20.0. The number of nitrogens with one attached hydrogen (secondary N) is 3. The van der Waals surface area contributed by atoms with Gasteiger partial charge in [-0.2, -0.15) is 0 Å². The fourth-order valence-electron chi connectivity index (χ4n) is 5.62. The van der Waals surface area contributed by atoms with E-state index in [2.05, 4.69) is 22.0 Å². The van der Waals surface area contributed by atoms with Crippen molar-refractivity contribution in [2.45, 2.75) is 75.7 Å². The summed E-state index contributed by atoms with van der Waals surface area (Å²) in [7, 11) is 0. The summed E-state index contributed by atoms with van der Waals surface area (Å²) in [6.45, 7) is 2.30. The molecule has 5 rings (SSSR count). The summed E-state index contributed by atoms with van der Waals surface area (Å²) in [4.78, 5) is 38.0. The van der Waals surface area contributed by atoms with Crippen molar-refractivity contribution in [1.82, 2.24) is 20.9 Å². The number of carbonyl (C=O) groups is 3. The van der Waals surface area contributed by atoms with E-state index in [1.54, 1.807) is 4.90 Å². The molecule has 0 bridgehead atoms. The third kappa shape index (κ3) is 3.26. The molecule has 3 amide bonds. The van der Waals surface area contributed by atoms with Crippen LogP contribution in [0.5, 0.6) is 0 Å². The predicted octanol–water partition coefficient (Wildman–Crippen LogP) is 1.21. The van der Waals surface area contributed by atoms with Crippen LogP contribution in [0.1, 0.15) is 66.4 Å². The van der Waals surface area contributed by atoms with Crippen LogP contribution < -0.4 is 16.0 Å². The molecule has 29 heavy (non-hydrogen) atoms. The highest BCUT2D eigenvalue weighted by molar-refractivity contribution is 6.05. The topological polar surface area (TPSA) is 90.5 Å². The SMILES string of the molecule is O=C1CCC(N2Cc3cc(CNC45CCCCC4NCC5)ccc3C2=O)C(=O)N1. The van der Waals surface area contributed by atoms with Crippen molar-refractivity contribution < 1.29 is 14.4 Å². The Morgan fingerprint density at radius 3 is 2.90 bits per heavy atom. The number of hydrogen-bond donors (Lipinski definition) is 3. The van der Waals surface area contributed by atoms with E-state index in [0.29, 0.717) is 24.6 Å². The van der Waals surface area contributed by atoms with Gasteiger partial charge in [-0.15, -0.1) is 0 Å². The minimum atomic E-state index is -0.555. The molecule has 154 valence electrons. The van der Waals surface area contributed by atoms with Crippen molar-refractivity contribution >= 4 is 17.7 Å². The highest BCUT2D eigenvalue weighted by Gasteiger charge is 2.43. The first-order valence-corrected chi connectivity index (χ1v) is 10.8. The molecule has 4 aliphatic rings. The van der Waals surface area contributed by atoms with Crippen LogP contribution in [0.4, 0.5) is 0 Å². The molecule has 0 aromatic heterocycles. The first-order valence-electron chi connectivity index (χ1n) is 10.8. The van der Waals surface area contributed by atoms with Gasteiger partial charge in [-0.3, -0.25) is 19.7 Å². The Morgan fingerprint density at radius 1 is 1.14 bits per heavy atom. The smallest absolute Gasteiger partial charge is 0.255 e. The molecule has 3 heterocycles. The molecule has 1 aromatic rings. The monoisotopic (exact) mass is 396 g/mol. The zero-order valence-electron chi connectivity index (χ0n) is 16.6. The maximum Gasteiger partial charge on any atom is 0.255 e. The molecule has 1 saturated carbocycles. The normalized spacial score (nSPS) is 31.6. The fourth-order valence-corrected chi connectivity index (χ4v) is 5.62. The molecule has 2 saturated heterocycles. The van der Waals surface area contributed by atoms with Gasteiger partial charge in [0.15, 0.2) is 0 Å². The molecular formula is C22H28N4O3. The minimum absolute atomic E-state index is 0.111. The van der Waals surface area contributed by atoms with E-state index in [9.17, 15) is 14.4 Å². The van der Waals surface area contributed by atoms with Crippen molar-refractivity contribution in [3.8, 4) is 0 Å². The van der Waals surface area contributed by atoms with E-state index in [1.807, 2.05) is 12.1 Å². The van der Waals surface area contributed by atoms with Gasteiger partial charge in [0.05, 0.1) is 0 Å². The Balaban J connectivity index is 1.29. The molecule has 7 heteroatoms. The maximum atomic E-state index is 12.8. The van der Waals surface area contributed by atoms with Crippen LogP contribution in [0.3, 0.4) is 0 Å². The Kier molecular flexibility index (Phi) is 4.67. The molecule has 0 radical (unpaired) electrons. The molecule has 3 aliphatic heterocycles. The number of carbonyl (C=O) groups excluding carboxylic acids is 3. The lowest BCUT2D eigenvalue weighted by Gasteiger charge is -2.40. The molecule has 7 nitrogen and oxygen atoms in total. The average molecular weight is 396 g/mol. The van der Waals surface area contributed by atoms with Crippen LogP contribution in [0.2, 0.25) is 0 Å². The minimum Gasteiger partial charge on any atom is -0.322 e. The Labute approximate surface area is 170 Å². The number of nitrogens with zero attached hydrogens (tertiary/aromatic N) is 1. The first-order chi connectivity index (χ1) is 14.1. The molecule has 1 aliphatic carbocycles. The summed E-state index contributed by atoms with van der Waals surface area (Å²) in [6, 6.07) is 6.02. The lowest BCUT2D eigenvalue weighted by molar-refractivity contribution is -0.136. The summed E-state index contributed by atoms with van der Waals surface area (Å²) >= 11 is 0. The van der Waals surface area contributed by atoms with Gasteiger partial charge in [0.25, 0.3) is 5.91 Å². The first kappa shape index (κ1) is 18.8. The Bertz CT molecular complexity index is 870. The number of fused-ring (bicyclic) bond motifs is 2. The van der Waals surface area contributed by atoms with Crippen LogP contribution in [0.15, 0.2) is 18.2 Å². The third-order valence-electron chi connectivity index (χ3n) is 7.23. The summed E-state index contributed by atoms with van der Waals surface area (Å²) in [5, 5.41) is 9.85. The molecule has 0 spiro atoms. The number of hydrogen-bond acceptors (Lipinski definition) is 5.